The number of fused-ring (bicyclic) bond motifs is 1. The van der Waals surface area contributed by atoms with Gasteiger partial charge in [-0.2, -0.15) is 0 Å². The Labute approximate surface area is 183 Å². The fourth-order valence-corrected chi connectivity index (χ4v) is 3.48. The number of pyridine rings is 1. The number of nitrogens with one attached hydrogen (secondary N) is 2. The number of amides is 2. The predicted octanol–water partition coefficient (Wildman–Crippen LogP) is 1.61. The summed E-state index contributed by atoms with van der Waals surface area (Å²) < 4.78 is 28.2. The Morgan fingerprint density at radius 2 is 1.97 bits per heavy atom. The number of halogens is 2. The molecule has 3 N–H and O–H groups in total. The lowest BCUT2D eigenvalue weighted by Gasteiger charge is -2.30. The van der Waals surface area contributed by atoms with Crippen LogP contribution in [0.1, 0.15) is 46.2 Å². The van der Waals surface area contributed by atoms with E-state index in [1.165, 1.54) is 16.8 Å². The molecule has 10 heteroatoms. The average molecular weight is 448 g/mol. The van der Waals surface area contributed by atoms with Crippen LogP contribution in [0.3, 0.4) is 0 Å². The number of rotatable bonds is 9. The van der Waals surface area contributed by atoms with Crippen LogP contribution in [-0.4, -0.2) is 52.6 Å². The molecule has 8 nitrogen and oxygen atoms in total. The van der Waals surface area contributed by atoms with Gasteiger partial charge in [-0.05, 0) is 19.0 Å². The van der Waals surface area contributed by atoms with Gasteiger partial charge in [0, 0.05) is 50.6 Å². The van der Waals surface area contributed by atoms with Crippen LogP contribution < -0.4 is 16.1 Å². The molecule has 0 unspecified atom stereocenters. The quantitative estimate of drug-likeness (QED) is 0.506. The fourth-order valence-electron chi connectivity index (χ4n) is 3.48. The SMILES string of the molecule is CCCCNCCN1CCn2cc(C(=O)NCc3ccc(F)cc3F)c(=O)c(O)c2C1=O. The van der Waals surface area contributed by atoms with Crippen molar-refractivity contribution in [2.24, 2.45) is 0 Å². The molecule has 0 saturated heterocycles. The van der Waals surface area contributed by atoms with Crippen LogP contribution in [-0.2, 0) is 13.1 Å². The summed E-state index contributed by atoms with van der Waals surface area (Å²) in [6, 6.07) is 2.94. The van der Waals surface area contributed by atoms with Crippen LogP contribution in [0.25, 0.3) is 0 Å². The first-order valence-corrected chi connectivity index (χ1v) is 10.5. The molecule has 2 aromatic rings. The third-order valence-corrected chi connectivity index (χ3v) is 5.32. The summed E-state index contributed by atoms with van der Waals surface area (Å²) >= 11 is 0. The zero-order valence-corrected chi connectivity index (χ0v) is 17.8. The smallest absolute Gasteiger partial charge is 0.274 e. The second kappa shape index (κ2) is 10.4. The van der Waals surface area contributed by atoms with Crippen molar-refractivity contribution in [3.05, 3.63) is 63.1 Å². The van der Waals surface area contributed by atoms with Gasteiger partial charge in [-0.1, -0.05) is 19.4 Å². The number of unbranched alkanes of at least 4 members (excludes halogenated alkanes) is 1. The lowest BCUT2D eigenvalue weighted by Crippen LogP contribution is -2.45. The number of benzene rings is 1. The van der Waals surface area contributed by atoms with E-state index in [2.05, 4.69) is 17.6 Å². The van der Waals surface area contributed by atoms with Gasteiger partial charge in [0.05, 0.1) is 0 Å². The number of aromatic hydroxyl groups is 1. The largest absolute Gasteiger partial charge is 0.503 e. The standard InChI is InChI=1S/C22H26F2N4O4/c1-2-3-6-25-7-8-27-9-10-28-13-16(19(29)20(30)18(28)22(27)32)21(31)26-12-14-4-5-15(23)11-17(14)24/h4-5,11,13,25,30H,2-3,6-10,12H2,1H3,(H,26,31). The summed E-state index contributed by atoms with van der Waals surface area (Å²) in [4.78, 5) is 39.4. The zero-order chi connectivity index (χ0) is 23.3. The Morgan fingerprint density at radius 1 is 1.19 bits per heavy atom. The maximum Gasteiger partial charge on any atom is 0.274 e. The van der Waals surface area contributed by atoms with Crippen molar-refractivity contribution >= 4 is 11.8 Å². The van der Waals surface area contributed by atoms with E-state index in [-0.39, 0.29) is 23.4 Å². The number of carbonyl (C=O) groups excluding carboxylic acids is 2. The molecule has 0 bridgehead atoms. The maximum atomic E-state index is 13.8. The third kappa shape index (κ3) is 5.13. The van der Waals surface area contributed by atoms with Crippen LogP contribution in [0, 0.1) is 11.6 Å². The Morgan fingerprint density at radius 3 is 2.69 bits per heavy atom. The van der Waals surface area contributed by atoms with E-state index in [9.17, 15) is 28.3 Å². The first-order valence-electron chi connectivity index (χ1n) is 10.5. The fraction of sp³-hybridized carbons (Fsp3) is 0.409. The van der Waals surface area contributed by atoms with Gasteiger partial charge in [0.25, 0.3) is 11.8 Å². The molecule has 3 rings (SSSR count). The number of hydrogen-bond donors (Lipinski definition) is 3. The van der Waals surface area contributed by atoms with Crippen LogP contribution in [0.2, 0.25) is 0 Å². The molecule has 0 spiro atoms. The van der Waals surface area contributed by atoms with Crippen LogP contribution in [0.15, 0.2) is 29.2 Å². The predicted molar refractivity (Wildman–Crippen MR) is 114 cm³/mol. The minimum atomic E-state index is -0.982. The van der Waals surface area contributed by atoms with Crippen molar-refractivity contribution in [1.82, 2.24) is 20.1 Å². The van der Waals surface area contributed by atoms with E-state index in [0.29, 0.717) is 32.2 Å². The molecule has 0 saturated carbocycles. The van der Waals surface area contributed by atoms with E-state index >= 15 is 0 Å². The highest BCUT2D eigenvalue weighted by Crippen LogP contribution is 2.20. The Bertz CT molecular complexity index is 1070. The van der Waals surface area contributed by atoms with Gasteiger partial charge in [-0.25, -0.2) is 8.78 Å². The highest BCUT2D eigenvalue weighted by atomic mass is 19.1. The van der Waals surface area contributed by atoms with E-state index < -0.39 is 34.6 Å². The number of carbonyl (C=O) groups is 2. The molecule has 1 aliphatic heterocycles. The first-order chi connectivity index (χ1) is 15.3. The van der Waals surface area contributed by atoms with Crippen LogP contribution >= 0.6 is 0 Å². The summed E-state index contributed by atoms with van der Waals surface area (Å²) in [5.74, 6) is -3.68. The van der Waals surface area contributed by atoms with Gasteiger partial charge in [0.2, 0.25) is 5.43 Å². The highest BCUT2D eigenvalue weighted by molar-refractivity contribution is 5.99. The molecule has 0 radical (unpaired) electrons. The summed E-state index contributed by atoms with van der Waals surface area (Å²) in [6.45, 7) is 4.36. The van der Waals surface area contributed by atoms with Crippen LogP contribution in [0.4, 0.5) is 8.78 Å². The monoisotopic (exact) mass is 448 g/mol. The van der Waals surface area contributed by atoms with Gasteiger partial charge in [-0.15, -0.1) is 0 Å². The molecule has 2 heterocycles. The normalized spacial score (nSPS) is 13.2. The summed E-state index contributed by atoms with van der Waals surface area (Å²) in [5, 5.41) is 16.0. The molecule has 1 aromatic carbocycles. The lowest BCUT2D eigenvalue weighted by atomic mass is 10.1. The van der Waals surface area contributed by atoms with Crippen molar-refractivity contribution in [2.45, 2.75) is 32.9 Å². The molecule has 1 aromatic heterocycles. The molecule has 172 valence electrons. The minimum Gasteiger partial charge on any atom is -0.503 e. The van der Waals surface area contributed by atoms with Gasteiger partial charge < -0.3 is 25.2 Å². The second-order valence-electron chi connectivity index (χ2n) is 7.58. The lowest BCUT2D eigenvalue weighted by molar-refractivity contribution is 0.0697. The summed E-state index contributed by atoms with van der Waals surface area (Å²) in [7, 11) is 0. The molecule has 2 amide bonds. The van der Waals surface area contributed by atoms with Crippen molar-refractivity contribution in [1.29, 1.82) is 0 Å². The van der Waals surface area contributed by atoms with E-state index in [1.807, 2.05) is 0 Å². The van der Waals surface area contributed by atoms with Crippen molar-refractivity contribution in [3.63, 3.8) is 0 Å². The topological polar surface area (TPSA) is 104 Å². The number of aromatic nitrogens is 1. The summed E-state index contributed by atoms with van der Waals surface area (Å²) in [6.07, 6.45) is 3.32. The van der Waals surface area contributed by atoms with Crippen molar-refractivity contribution in [2.75, 3.05) is 26.2 Å². The number of hydrogen-bond acceptors (Lipinski definition) is 5. The number of nitrogens with zero attached hydrogens (tertiary/aromatic N) is 2. The van der Waals surface area contributed by atoms with Crippen LogP contribution in [0.5, 0.6) is 5.75 Å². The molecular formula is C22H26F2N4O4. The highest BCUT2D eigenvalue weighted by Gasteiger charge is 2.30. The third-order valence-electron chi connectivity index (χ3n) is 5.32. The molecule has 0 aliphatic carbocycles. The molecular weight excluding hydrogens is 422 g/mol. The van der Waals surface area contributed by atoms with E-state index in [0.717, 1.165) is 25.5 Å². The Balaban J connectivity index is 1.72. The van der Waals surface area contributed by atoms with Gasteiger partial charge in [0.1, 0.15) is 17.2 Å². The minimum absolute atomic E-state index is 0.0420. The first kappa shape index (κ1) is 23.4. The van der Waals surface area contributed by atoms with E-state index in [4.69, 9.17) is 0 Å². The Hall–Kier alpha value is -3.27. The van der Waals surface area contributed by atoms with Gasteiger partial charge in [-0.3, -0.25) is 14.4 Å². The van der Waals surface area contributed by atoms with Crippen molar-refractivity contribution < 1.29 is 23.5 Å². The van der Waals surface area contributed by atoms with Gasteiger partial charge in [0.15, 0.2) is 11.4 Å². The Kier molecular flexibility index (Phi) is 7.57. The molecule has 1 aliphatic rings. The summed E-state index contributed by atoms with van der Waals surface area (Å²) in [5.41, 5.74) is -1.46. The van der Waals surface area contributed by atoms with Gasteiger partial charge >= 0.3 is 0 Å². The maximum absolute atomic E-state index is 13.8. The second-order valence-corrected chi connectivity index (χ2v) is 7.58. The van der Waals surface area contributed by atoms with E-state index in [1.54, 1.807) is 4.90 Å². The molecule has 0 atom stereocenters. The molecule has 32 heavy (non-hydrogen) atoms. The average Bonchev–Trinajstić information content (AvgIpc) is 2.76. The van der Waals surface area contributed by atoms with Crippen molar-refractivity contribution in [3.8, 4) is 5.75 Å². The molecule has 0 fully saturated rings. The zero-order valence-electron chi connectivity index (χ0n) is 17.8.